The summed E-state index contributed by atoms with van der Waals surface area (Å²) >= 11 is 3.43. The topological polar surface area (TPSA) is 26.3 Å². The maximum atomic E-state index is 11.7. The molecule has 0 atom stereocenters. The lowest BCUT2D eigenvalue weighted by molar-refractivity contribution is 0.0603. The van der Waals surface area contributed by atoms with Crippen LogP contribution in [0.5, 0.6) is 0 Å². The van der Waals surface area contributed by atoms with E-state index in [1.165, 1.54) is 7.11 Å². The van der Waals surface area contributed by atoms with Crippen molar-refractivity contribution in [3.63, 3.8) is 0 Å². The summed E-state index contributed by atoms with van der Waals surface area (Å²) in [6.45, 7) is 0. The number of rotatable bonds is 2. The molecule has 82 valence electrons. The van der Waals surface area contributed by atoms with Crippen molar-refractivity contribution in [1.82, 2.24) is 0 Å². The number of hydrogen-bond acceptors (Lipinski definition) is 2. The number of esters is 1. The van der Waals surface area contributed by atoms with Gasteiger partial charge in [-0.3, -0.25) is 0 Å². The Balaban J connectivity index is 2.78. The summed E-state index contributed by atoms with van der Waals surface area (Å²) in [6, 6.07) is 11.6. The quantitative estimate of drug-likeness (QED) is 0.621. The minimum absolute atomic E-state index is 0.293. The van der Waals surface area contributed by atoms with Crippen LogP contribution < -0.4 is 0 Å². The highest BCUT2D eigenvalue weighted by molar-refractivity contribution is 9.08. The molecule has 0 radical (unpaired) electrons. The average Bonchev–Trinajstić information content (AvgIpc) is 2.36. The van der Waals surface area contributed by atoms with E-state index in [9.17, 15) is 4.79 Å². The van der Waals surface area contributed by atoms with Crippen molar-refractivity contribution in [3.8, 4) is 0 Å². The second-order valence-electron chi connectivity index (χ2n) is 3.45. The van der Waals surface area contributed by atoms with Gasteiger partial charge in [0.15, 0.2) is 0 Å². The zero-order valence-electron chi connectivity index (χ0n) is 8.87. The van der Waals surface area contributed by atoms with Gasteiger partial charge < -0.3 is 4.74 Å². The number of methoxy groups -OCH3 is 1. The van der Waals surface area contributed by atoms with Gasteiger partial charge in [-0.05, 0) is 17.0 Å². The molecule has 2 aromatic rings. The summed E-state index contributed by atoms with van der Waals surface area (Å²) in [7, 11) is 1.40. The highest BCUT2D eigenvalue weighted by atomic mass is 79.9. The fourth-order valence-corrected chi connectivity index (χ4v) is 2.28. The molecule has 0 aliphatic rings. The predicted molar refractivity (Wildman–Crippen MR) is 67.9 cm³/mol. The van der Waals surface area contributed by atoms with E-state index in [1.807, 2.05) is 30.3 Å². The minimum Gasteiger partial charge on any atom is -0.465 e. The van der Waals surface area contributed by atoms with Crippen LogP contribution in [-0.2, 0) is 10.1 Å². The second kappa shape index (κ2) is 4.66. The van der Waals surface area contributed by atoms with Crippen LogP contribution in [0.2, 0.25) is 0 Å². The zero-order valence-corrected chi connectivity index (χ0v) is 10.5. The molecule has 0 heterocycles. The number of carbonyl (C=O) groups is 1. The van der Waals surface area contributed by atoms with Crippen molar-refractivity contribution < 1.29 is 9.53 Å². The van der Waals surface area contributed by atoms with Gasteiger partial charge in [-0.1, -0.05) is 46.3 Å². The molecular formula is C13H11BrO2. The van der Waals surface area contributed by atoms with Crippen molar-refractivity contribution in [2.45, 2.75) is 5.33 Å². The third-order valence-corrected chi connectivity index (χ3v) is 3.14. The highest BCUT2D eigenvalue weighted by Crippen LogP contribution is 2.25. The largest absolute Gasteiger partial charge is 0.465 e. The molecule has 3 heteroatoms. The summed E-state index contributed by atoms with van der Waals surface area (Å²) in [4.78, 5) is 11.7. The standard InChI is InChI=1S/C13H11BrO2/c1-16-13(15)11-7-3-5-9-4-2-6-10(8-14)12(9)11/h2-7H,8H2,1H3. The van der Waals surface area contributed by atoms with Gasteiger partial charge in [0.2, 0.25) is 0 Å². The normalized spacial score (nSPS) is 10.4. The van der Waals surface area contributed by atoms with Crippen molar-refractivity contribution in [3.05, 3.63) is 47.5 Å². The van der Waals surface area contributed by atoms with Crippen LogP contribution in [-0.4, -0.2) is 13.1 Å². The molecule has 0 amide bonds. The van der Waals surface area contributed by atoms with E-state index in [1.54, 1.807) is 6.07 Å². The van der Waals surface area contributed by atoms with E-state index in [2.05, 4.69) is 15.9 Å². The van der Waals surface area contributed by atoms with Gasteiger partial charge in [-0.2, -0.15) is 0 Å². The molecule has 0 aliphatic carbocycles. The molecule has 0 saturated heterocycles. The first-order valence-electron chi connectivity index (χ1n) is 4.93. The third-order valence-electron chi connectivity index (χ3n) is 2.54. The fraction of sp³-hybridized carbons (Fsp3) is 0.154. The van der Waals surface area contributed by atoms with Crippen molar-refractivity contribution >= 4 is 32.7 Å². The SMILES string of the molecule is COC(=O)c1cccc2cccc(CBr)c12. The van der Waals surface area contributed by atoms with Crippen LogP contribution >= 0.6 is 15.9 Å². The lowest BCUT2D eigenvalue weighted by atomic mass is 10.0. The number of hydrogen-bond donors (Lipinski definition) is 0. The van der Waals surface area contributed by atoms with Crippen LogP contribution in [0.4, 0.5) is 0 Å². The predicted octanol–water partition coefficient (Wildman–Crippen LogP) is 3.52. The van der Waals surface area contributed by atoms with E-state index in [4.69, 9.17) is 4.74 Å². The van der Waals surface area contributed by atoms with Crippen LogP contribution in [0.3, 0.4) is 0 Å². The molecule has 2 aromatic carbocycles. The third kappa shape index (κ3) is 1.83. The molecule has 0 bridgehead atoms. The Bertz CT molecular complexity index is 529. The summed E-state index contributed by atoms with van der Waals surface area (Å²) in [5.41, 5.74) is 1.72. The van der Waals surface area contributed by atoms with Gasteiger partial charge in [0, 0.05) is 10.7 Å². The number of benzene rings is 2. The number of alkyl halides is 1. The van der Waals surface area contributed by atoms with Gasteiger partial charge in [0.05, 0.1) is 12.7 Å². The number of ether oxygens (including phenoxy) is 1. The first-order valence-corrected chi connectivity index (χ1v) is 6.05. The maximum Gasteiger partial charge on any atom is 0.338 e. The number of carbonyl (C=O) groups excluding carboxylic acids is 1. The van der Waals surface area contributed by atoms with Gasteiger partial charge >= 0.3 is 5.97 Å². The molecule has 0 spiro atoms. The summed E-state index contributed by atoms with van der Waals surface area (Å²) in [5.74, 6) is -0.293. The first-order chi connectivity index (χ1) is 7.77. The van der Waals surface area contributed by atoms with Gasteiger partial charge in [-0.25, -0.2) is 4.79 Å². The Kier molecular flexibility index (Phi) is 3.25. The van der Waals surface area contributed by atoms with Crippen LogP contribution in [0.25, 0.3) is 10.8 Å². The minimum atomic E-state index is -0.293. The molecule has 2 nitrogen and oxygen atoms in total. The van der Waals surface area contributed by atoms with Crippen LogP contribution in [0.15, 0.2) is 36.4 Å². The fourth-order valence-electron chi connectivity index (χ4n) is 1.81. The van der Waals surface area contributed by atoms with Crippen molar-refractivity contribution in [2.75, 3.05) is 7.11 Å². The van der Waals surface area contributed by atoms with E-state index in [-0.39, 0.29) is 5.97 Å². The summed E-state index contributed by atoms with van der Waals surface area (Å²) < 4.78 is 4.79. The maximum absolute atomic E-state index is 11.7. The first kappa shape index (κ1) is 11.1. The molecule has 16 heavy (non-hydrogen) atoms. The monoisotopic (exact) mass is 278 g/mol. The van der Waals surface area contributed by atoms with E-state index < -0.39 is 0 Å². The van der Waals surface area contributed by atoms with Crippen molar-refractivity contribution in [1.29, 1.82) is 0 Å². The smallest absolute Gasteiger partial charge is 0.338 e. The average molecular weight is 279 g/mol. The summed E-state index contributed by atoms with van der Waals surface area (Å²) in [6.07, 6.45) is 0. The Labute approximate surface area is 102 Å². The van der Waals surface area contributed by atoms with Crippen LogP contribution in [0, 0.1) is 0 Å². The molecule has 2 rings (SSSR count). The molecular weight excluding hydrogens is 268 g/mol. The second-order valence-corrected chi connectivity index (χ2v) is 4.01. The van der Waals surface area contributed by atoms with Crippen LogP contribution in [0.1, 0.15) is 15.9 Å². The Morgan fingerprint density at radius 2 is 1.94 bits per heavy atom. The molecule has 0 unspecified atom stereocenters. The molecule has 0 fully saturated rings. The highest BCUT2D eigenvalue weighted by Gasteiger charge is 2.12. The molecule has 0 aromatic heterocycles. The van der Waals surface area contributed by atoms with E-state index in [0.717, 1.165) is 21.7 Å². The number of fused-ring (bicyclic) bond motifs is 1. The molecule has 0 saturated carbocycles. The van der Waals surface area contributed by atoms with E-state index >= 15 is 0 Å². The Hall–Kier alpha value is -1.35. The Morgan fingerprint density at radius 3 is 2.56 bits per heavy atom. The van der Waals surface area contributed by atoms with E-state index in [0.29, 0.717) is 5.56 Å². The summed E-state index contributed by atoms with van der Waals surface area (Å²) in [5, 5.41) is 2.74. The van der Waals surface area contributed by atoms with Crippen molar-refractivity contribution in [2.24, 2.45) is 0 Å². The Morgan fingerprint density at radius 1 is 1.25 bits per heavy atom. The molecule has 0 N–H and O–H groups in total. The van der Waals surface area contributed by atoms with Gasteiger partial charge in [-0.15, -0.1) is 0 Å². The zero-order chi connectivity index (χ0) is 11.5. The lowest BCUT2D eigenvalue weighted by Crippen LogP contribution is -2.03. The lowest BCUT2D eigenvalue weighted by Gasteiger charge is -2.08. The van der Waals surface area contributed by atoms with Gasteiger partial charge in [0.25, 0.3) is 0 Å². The molecule has 0 aliphatic heterocycles. The number of halogens is 1. The van der Waals surface area contributed by atoms with Gasteiger partial charge in [0.1, 0.15) is 0 Å².